The Morgan fingerprint density at radius 2 is 2.45 bits per heavy atom. The van der Waals surface area contributed by atoms with E-state index in [2.05, 4.69) is 21.1 Å². The summed E-state index contributed by atoms with van der Waals surface area (Å²) >= 11 is 4.76. The predicted octanol–water partition coefficient (Wildman–Crippen LogP) is 0.537. The maximum Gasteiger partial charge on any atom is 0.221 e. The average Bonchev–Trinajstić information content (AvgIpc) is 2.36. The standard InChI is InChI=1S/C6H8N4S/c1-3-4-10(2)5-7-6(11)9-8-5/h1H,4H2,2H3,(H2,7,8,9,11). The molecule has 0 aliphatic heterocycles. The molecule has 0 atom stereocenters. The van der Waals surface area contributed by atoms with Gasteiger partial charge < -0.3 is 4.90 Å². The van der Waals surface area contributed by atoms with E-state index in [-0.39, 0.29) is 0 Å². The molecule has 0 aliphatic carbocycles. The number of nitrogens with one attached hydrogen (secondary N) is 2. The minimum absolute atomic E-state index is 0.434. The molecule has 2 N–H and O–H groups in total. The molecule has 0 bridgehead atoms. The highest BCUT2D eigenvalue weighted by Crippen LogP contribution is 1.99. The number of hydrogen-bond donors (Lipinski definition) is 2. The predicted molar refractivity (Wildman–Crippen MR) is 45.9 cm³/mol. The van der Waals surface area contributed by atoms with Crippen LogP contribution in [0.25, 0.3) is 0 Å². The monoisotopic (exact) mass is 168 g/mol. The van der Waals surface area contributed by atoms with Crippen LogP contribution in [0.2, 0.25) is 0 Å². The van der Waals surface area contributed by atoms with Crippen LogP contribution in [0, 0.1) is 17.1 Å². The van der Waals surface area contributed by atoms with Crippen molar-refractivity contribution in [2.45, 2.75) is 0 Å². The molecule has 0 fully saturated rings. The second-order valence-corrected chi connectivity index (χ2v) is 2.44. The van der Waals surface area contributed by atoms with Gasteiger partial charge in [-0.15, -0.1) is 6.42 Å². The molecule has 0 radical (unpaired) electrons. The third kappa shape index (κ3) is 1.82. The quantitative estimate of drug-likeness (QED) is 0.500. The summed E-state index contributed by atoms with van der Waals surface area (Å²) in [5.41, 5.74) is 0. The van der Waals surface area contributed by atoms with Gasteiger partial charge in [-0.3, -0.25) is 10.2 Å². The summed E-state index contributed by atoms with van der Waals surface area (Å²) in [4.78, 5) is 5.75. The number of aromatic nitrogens is 3. The van der Waals surface area contributed by atoms with Crippen molar-refractivity contribution in [3.63, 3.8) is 0 Å². The van der Waals surface area contributed by atoms with Crippen LogP contribution >= 0.6 is 12.2 Å². The molecule has 0 amide bonds. The molecule has 0 aliphatic rings. The second-order valence-electron chi connectivity index (χ2n) is 2.05. The molecule has 1 heterocycles. The van der Waals surface area contributed by atoms with Crippen molar-refractivity contribution < 1.29 is 0 Å². The zero-order valence-electron chi connectivity index (χ0n) is 6.09. The van der Waals surface area contributed by atoms with Crippen LogP contribution in [0.15, 0.2) is 0 Å². The average molecular weight is 168 g/mol. The lowest BCUT2D eigenvalue weighted by Gasteiger charge is -2.09. The van der Waals surface area contributed by atoms with E-state index in [0.29, 0.717) is 17.3 Å². The highest BCUT2D eigenvalue weighted by atomic mass is 32.1. The van der Waals surface area contributed by atoms with E-state index < -0.39 is 0 Å². The zero-order valence-corrected chi connectivity index (χ0v) is 6.90. The van der Waals surface area contributed by atoms with E-state index >= 15 is 0 Å². The molecule has 1 aromatic heterocycles. The lowest BCUT2D eigenvalue weighted by atomic mass is 10.6. The molecular formula is C6H8N4S. The number of aromatic amines is 2. The first-order chi connectivity index (χ1) is 5.24. The van der Waals surface area contributed by atoms with Crippen molar-refractivity contribution in [2.75, 3.05) is 18.5 Å². The summed E-state index contributed by atoms with van der Waals surface area (Å²) in [5, 5.41) is 5.46. The van der Waals surface area contributed by atoms with E-state index in [0.717, 1.165) is 0 Å². The minimum Gasteiger partial charge on any atom is -0.333 e. The van der Waals surface area contributed by atoms with Crippen molar-refractivity contribution in [1.82, 2.24) is 15.2 Å². The van der Waals surface area contributed by atoms with Crippen LogP contribution in [0.1, 0.15) is 0 Å². The topological polar surface area (TPSA) is 47.7 Å². The molecule has 0 aromatic carbocycles. The number of terminal acetylenes is 1. The smallest absolute Gasteiger partial charge is 0.221 e. The van der Waals surface area contributed by atoms with Gasteiger partial charge in [-0.2, -0.15) is 4.98 Å². The van der Waals surface area contributed by atoms with E-state index in [1.807, 2.05) is 7.05 Å². The van der Waals surface area contributed by atoms with E-state index in [1.54, 1.807) is 4.90 Å². The molecular weight excluding hydrogens is 160 g/mol. The largest absolute Gasteiger partial charge is 0.333 e. The van der Waals surface area contributed by atoms with Crippen molar-refractivity contribution in [1.29, 1.82) is 0 Å². The van der Waals surface area contributed by atoms with Gasteiger partial charge in [-0.25, -0.2) is 0 Å². The summed E-state index contributed by atoms with van der Waals surface area (Å²) in [5.74, 6) is 3.15. The van der Waals surface area contributed by atoms with Crippen LogP contribution in [-0.4, -0.2) is 28.8 Å². The Labute approximate surface area is 69.6 Å². The fourth-order valence-corrected chi connectivity index (χ4v) is 0.792. The summed E-state index contributed by atoms with van der Waals surface area (Å²) < 4.78 is 0.434. The first-order valence-corrected chi connectivity index (χ1v) is 3.44. The van der Waals surface area contributed by atoms with Crippen LogP contribution in [-0.2, 0) is 0 Å². The summed E-state index contributed by atoms with van der Waals surface area (Å²) in [6.07, 6.45) is 5.10. The van der Waals surface area contributed by atoms with Crippen molar-refractivity contribution >= 4 is 18.2 Å². The summed E-state index contributed by atoms with van der Waals surface area (Å²) in [7, 11) is 1.83. The Balaban J connectivity index is 2.78. The molecule has 1 aromatic rings. The lowest BCUT2D eigenvalue weighted by Crippen LogP contribution is -2.18. The van der Waals surface area contributed by atoms with Crippen LogP contribution in [0.5, 0.6) is 0 Å². The zero-order chi connectivity index (χ0) is 8.27. The normalized spacial score (nSPS) is 9.09. The first kappa shape index (κ1) is 7.82. The SMILES string of the molecule is C#CCN(C)c1nc(=S)[nH][nH]1. The van der Waals surface area contributed by atoms with Gasteiger partial charge in [-0.1, -0.05) is 5.92 Å². The second kappa shape index (κ2) is 3.21. The van der Waals surface area contributed by atoms with E-state index in [4.69, 9.17) is 18.6 Å². The fraction of sp³-hybridized carbons (Fsp3) is 0.333. The molecule has 1 rings (SSSR count). The molecule has 0 saturated carbocycles. The molecule has 4 nitrogen and oxygen atoms in total. The molecule has 0 unspecified atom stereocenters. The summed E-state index contributed by atoms with van der Waals surface area (Å²) in [6.45, 7) is 0.510. The van der Waals surface area contributed by atoms with Gasteiger partial charge >= 0.3 is 0 Å². The number of nitrogens with zero attached hydrogens (tertiary/aromatic N) is 2. The van der Waals surface area contributed by atoms with E-state index in [1.165, 1.54) is 0 Å². The van der Waals surface area contributed by atoms with Gasteiger partial charge in [0, 0.05) is 7.05 Å². The maximum absolute atomic E-state index is 5.10. The fourth-order valence-electron chi connectivity index (χ4n) is 0.654. The highest BCUT2D eigenvalue weighted by molar-refractivity contribution is 7.71. The van der Waals surface area contributed by atoms with Gasteiger partial charge in [0.2, 0.25) is 10.7 Å². The number of anilines is 1. The molecule has 58 valence electrons. The molecule has 5 heteroatoms. The Morgan fingerprint density at radius 3 is 2.91 bits per heavy atom. The van der Waals surface area contributed by atoms with Gasteiger partial charge in [0.25, 0.3) is 0 Å². The third-order valence-corrected chi connectivity index (χ3v) is 1.37. The lowest BCUT2D eigenvalue weighted by molar-refractivity contribution is 0.957. The van der Waals surface area contributed by atoms with Gasteiger partial charge in [0.15, 0.2) is 0 Å². The Hall–Kier alpha value is -1.28. The van der Waals surface area contributed by atoms with Crippen LogP contribution in [0.4, 0.5) is 5.95 Å². The number of hydrogen-bond acceptors (Lipinski definition) is 3. The van der Waals surface area contributed by atoms with Gasteiger partial charge in [0.05, 0.1) is 6.54 Å². The van der Waals surface area contributed by atoms with Crippen LogP contribution in [0.3, 0.4) is 0 Å². The van der Waals surface area contributed by atoms with Crippen molar-refractivity contribution in [3.05, 3.63) is 4.77 Å². The van der Waals surface area contributed by atoms with Crippen LogP contribution < -0.4 is 4.90 Å². The summed E-state index contributed by atoms with van der Waals surface area (Å²) in [6, 6.07) is 0. The first-order valence-electron chi connectivity index (χ1n) is 3.03. The van der Waals surface area contributed by atoms with Gasteiger partial charge in [0.1, 0.15) is 0 Å². The third-order valence-electron chi connectivity index (χ3n) is 1.18. The van der Waals surface area contributed by atoms with E-state index in [9.17, 15) is 0 Å². The van der Waals surface area contributed by atoms with Crippen molar-refractivity contribution in [3.8, 4) is 12.3 Å². The Kier molecular flexibility index (Phi) is 2.28. The van der Waals surface area contributed by atoms with Crippen molar-refractivity contribution in [2.24, 2.45) is 0 Å². The molecule has 0 saturated heterocycles. The molecule has 11 heavy (non-hydrogen) atoms. The Bertz CT molecular complexity index is 318. The highest BCUT2D eigenvalue weighted by Gasteiger charge is 1.99. The Morgan fingerprint density at radius 1 is 1.73 bits per heavy atom. The maximum atomic E-state index is 5.10. The van der Waals surface area contributed by atoms with Gasteiger partial charge in [-0.05, 0) is 12.2 Å². The number of H-pyrrole nitrogens is 2. The minimum atomic E-state index is 0.434. The number of rotatable bonds is 2. The molecule has 0 spiro atoms.